The molecule has 1 aromatic carbocycles. The van der Waals surface area contributed by atoms with Gasteiger partial charge in [0.2, 0.25) is 0 Å². The van der Waals surface area contributed by atoms with Crippen molar-refractivity contribution < 1.29 is 9.53 Å². The second-order valence-electron chi connectivity index (χ2n) is 5.76. The lowest BCUT2D eigenvalue weighted by Crippen LogP contribution is -1.99. The molecule has 0 aliphatic heterocycles. The van der Waals surface area contributed by atoms with Crippen molar-refractivity contribution in [2.75, 3.05) is 6.61 Å². The molecule has 0 unspecified atom stereocenters. The van der Waals surface area contributed by atoms with Crippen LogP contribution in [0.2, 0.25) is 0 Å². The zero-order chi connectivity index (χ0) is 15.6. The predicted octanol–water partition coefficient (Wildman–Crippen LogP) is 4.52. The number of hydrogen-bond acceptors (Lipinski definition) is 3. The summed E-state index contributed by atoms with van der Waals surface area (Å²) in [4.78, 5) is 12.7. The SMILES string of the molecule is CCOC(=O)/C=C/[C@H]1C[C@H]1Sc1c(C)c(C)cc(C)c1C. The summed E-state index contributed by atoms with van der Waals surface area (Å²) in [5.74, 6) is 0.269. The third-order valence-corrected chi connectivity index (χ3v) is 5.80. The van der Waals surface area contributed by atoms with Crippen LogP contribution in [0.5, 0.6) is 0 Å². The third-order valence-electron chi connectivity index (χ3n) is 4.11. The molecule has 1 saturated carbocycles. The largest absolute Gasteiger partial charge is 0.463 e. The van der Waals surface area contributed by atoms with Gasteiger partial charge in [-0.1, -0.05) is 12.1 Å². The van der Waals surface area contributed by atoms with E-state index in [0.717, 1.165) is 6.42 Å². The quantitative estimate of drug-likeness (QED) is 0.591. The van der Waals surface area contributed by atoms with Crippen molar-refractivity contribution in [3.05, 3.63) is 40.5 Å². The Hall–Kier alpha value is -1.22. The fourth-order valence-electron chi connectivity index (χ4n) is 2.43. The van der Waals surface area contributed by atoms with Crippen LogP contribution in [0.25, 0.3) is 0 Å². The van der Waals surface area contributed by atoms with Crippen molar-refractivity contribution in [3.8, 4) is 0 Å². The summed E-state index contributed by atoms with van der Waals surface area (Å²) in [6, 6.07) is 2.26. The second-order valence-corrected chi connectivity index (χ2v) is 7.01. The van der Waals surface area contributed by atoms with Crippen LogP contribution < -0.4 is 0 Å². The molecule has 2 rings (SSSR count). The maximum absolute atomic E-state index is 11.3. The number of benzene rings is 1. The number of thioether (sulfide) groups is 1. The van der Waals surface area contributed by atoms with E-state index < -0.39 is 0 Å². The molecule has 1 aromatic rings. The van der Waals surface area contributed by atoms with Gasteiger partial charge in [-0.2, -0.15) is 0 Å². The zero-order valence-corrected chi connectivity index (χ0v) is 14.3. The number of carbonyl (C=O) groups is 1. The third kappa shape index (κ3) is 3.91. The van der Waals surface area contributed by atoms with E-state index >= 15 is 0 Å². The lowest BCUT2D eigenvalue weighted by atomic mass is 10.0. The molecule has 0 spiro atoms. The van der Waals surface area contributed by atoms with Crippen molar-refractivity contribution in [1.82, 2.24) is 0 Å². The van der Waals surface area contributed by atoms with E-state index in [1.807, 2.05) is 24.8 Å². The molecule has 21 heavy (non-hydrogen) atoms. The van der Waals surface area contributed by atoms with Gasteiger partial charge in [-0.25, -0.2) is 4.79 Å². The fourth-order valence-corrected chi connectivity index (χ4v) is 3.99. The van der Waals surface area contributed by atoms with Crippen LogP contribution in [0.1, 0.15) is 35.6 Å². The van der Waals surface area contributed by atoms with Crippen molar-refractivity contribution in [1.29, 1.82) is 0 Å². The van der Waals surface area contributed by atoms with Crippen molar-refractivity contribution in [2.45, 2.75) is 51.2 Å². The van der Waals surface area contributed by atoms with Crippen LogP contribution in [-0.2, 0) is 9.53 Å². The van der Waals surface area contributed by atoms with E-state index in [1.54, 1.807) is 6.08 Å². The highest BCUT2D eigenvalue weighted by atomic mass is 32.2. The summed E-state index contributed by atoms with van der Waals surface area (Å²) >= 11 is 1.96. The summed E-state index contributed by atoms with van der Waals surface area (Å²) in [7, 11) is 0. The van der Waals surface area contributed by atoms with Crippen LogP contribution in [0.3, 0.4) is 0 Å². The van der Waals surface area contributed by atoms with Gasteiger partial charge >= 0.3 is 5.97 Å². The molecule has 114 valence electrons. The highest BCUT2D eigenvalue weighted by Crippen LogP contribution is 2.48. The number of aryl methyl sites for hydroxylation is 2. The molecule has 0 saturated heterocycles. The van der Waals surface area contributed by atoms with Gasteiger partial charge < -0.3 is 4.74 Å². The first kappa shape index (κ1) is 16.2. The molecule has 0 radical (unpaired) electrons. The minimum absolute atomic E-state index is 0.230. The van der Waals surface area contributed by atoms with E-state index in [-0.39, 0.29) is 5.97 Å². The van der Waals surface area contributed by atoms with Crippen LogP contribution in [0.4, 0.5) is 0 Å². The van der Waals surface area contributed by atoms with Gasteiger partial charge in [-0.3, -0.25) is 0 Å². The van der Waals surface area contributed by atoms with Crippen LogP contribution in [-0.4, -0.2) is 17.8 Å². The number of esters is 1. The fraction of sp³-hybridized carbons (Fsp3) is 0.500. The molecule has 1 aliphatic carbocycles. The first-order chi connectivity index (χ1) is 9.93. The number of carbonyl (C=O) groups excluding carboxylic acids is 1. The topological polar surface area (TPSA) is 26.3 Å². The normalized spacial score (nSPS) is 20.8. The minimum Gasteiger partial charge on any atom is -0.463 e. The monoisotopic (exact) mass is 304 g/mol. The van der Waals surface area contributed by atoms with Gasteiger partial charge in [0, 0.05) is 16.2 Å². The molecule has 0 aromatic heterocycles. The summed E-state index contributed by atoms with van der Waals surface area (Å²) in [6.45, 7) is 11.0. The zero-order valence-electron chi connectivity index (χ0n) is 13.5. The first-order valence-corrected chi connectivity index (χ1v) is 8.41. The second kappa shape index (κ2) is 6.69. The molecule has 1 aliphatic rings. The first-order valence-electron chi connectivity index (χ1n) is 7.53. The van der Waals surface area contributed by atoms with E-state index in [1.165, 1.54) is 27.1 Å². The van der Waals surface area contributed by atoms with Gasteiger partial charge in [-0.05, 0) is 69.2 Å². The number of allylic oxidation sites excluding steroid dienone is 1. The highest BCUT2D eigenvalue weighted by Gasteiger charge is 2.36. The van der Waals surface area contributed by atoms with E-state index in [4.69, 9.17) is 4.74 Å². The summed E-state index contributed by atoms with van der Waals surface area (Å²) in [5, 5.41) is 0.592. The van der Waals surface area contributed by atoms with Crippen LogP contribution in [0.15, 0.2) is 23.1 Å². The molecule has 2 nitrogen and oxygen atoms in total. The van der Waals surface area contributed by atoms with Crippen molar-refractivity contribution >= 4 is 17.7 Å². The molecular formula is C18H24O2S. The molecular weight excluding hydrogens is 280 g/mol. The lowest BCUT2D eigenvalue weighted by Gasteiger charge is -2.14. The van der Waals surface area contributed by atoms with E-state index in [2.05, 4.69) is 33.8 Å². The Kier molecular flexibility index (Phi) is 5.15. The molecule has 1 fully saturated rings. The number of ether oxygens (including phenoxy) is 1. The Bertz CT molecular complexity index is 549. The Morgan fingerprint density at radius 3 is 2.48 bits per heavy atom. The predicted molar refractivity (Wildman–Crippen MR) is 88.9 cm³/mol. The average Bonchev–Trinajstić information content (AvgIpc) is 3.18. The van der Waals surface area contributed by atoms with Crippen molar-refractivity contribution in [3.63, 3.8) is 0 Å². The van der Waals surface area contributed by atoms with E-state index in [9.17, 15) is 4.79 Å². The Morgan fingerprint density at radius 2 is 1.90 bits per heavy atom. The molecule has 0 N–H and O–H groups in total. The molecule has 0 amide bonds. The molecule has 2 atom stereocenters. The summed E-state index contributed by atoms with van der Waals surface area (Å²) in [6.07, 6.45) is 4.73. The van der Waals surface area contributed by atoms with Gasteiger partial charge in [0.1, 0.15) is 0 Å². The molecule has 0 heterocycles. The maximum Gasteiger partial charge on any atom is 0.330 e. The van der Waals surface area contributed by atoms with E-state index in [0.29, 0.717) is 17.8 Å². The molecule has 0 bridgehead atoms. The van der Waals surface area contributed by atoms with Gasteiger partial charge in [0.15, 0.2) is 0 Å². The van der Waals surface area contributed by atoms with Crippen LogP contribution in [0, 0.1) is 33.6 Å². The molecule has 3 heteroatoms. The Morgan fingerprint density at radius 1 is 1.29 bits per heavy atom. The Labute approximate surface area is 132 Å². The van der Waals surface area contributed by atoms with Gasteiger partial charge in [0.05, 0.1) is 6.61 Å². The lowest BCUT2D eigenvalue weighted by molar-refractivity contribution is -0.137. The summed E-state index contributed by atoms with van der Waals surface area (Å²) in [5.41, 5.74) is 5.51. The number of rotatable bonds is 5. The highest BCUT2D eigenvalue weighted by molar-refractivity contribution is 8.00. The number of hydrogen-bond donors (Lipinski definition) is 0. The maximum atomic E-state index is 11.3. The minimum atomic E-state index is -0.230. The van der Waals surface area contributed by atoms with Gasteiger partial charge in [-0.15, -0.1) is 11.8 Å². The average molecular weight is 304 g/mol. The van der Waals surface area contributed by atoms with Gasteiger partial charge in [0.25, 0.3) is 0 Å². The Balaban J connectivity index is 2.01. The standard InChI is InChI=1S/C18H24O2S/c1-6-20-17(19)8-7-15-10-16(15)21-18-13(4)11(2)9-12(3)14(18)5/h7-9,15-16H,6,10H2,1-5H3/b8-7+/t15-,16+/m0/s1. The van der Waals surface area contributed by atoms with Crippen LogP contribution >= 0.6 is 11.8 Å². The van der Waals surface area contributed by atoms with Crippen molar-refractivity contribution in [2.24, 2.45) is 5.92 Å². The smallest absolute Gasteiger partial charge is 0.330 e. The summed E-state index contributed by atoms with van der Waals surface area (Å²) < 4.78 is 4.91.